The van der Waals surface area contributed by atoms with Gasteiger partial charge in [0.05, 0.1) is 5.70 Å². The Morgan fingerprint density at radius 1 is 1.04 bits per heavy atom. The average molecular weight is 319 g/mol. The standard InChI is InChI=1S/C21H21NO2/c1-17-8-7-9-18(14-17)15-23-19-10-5-3-2-4-6-11-20-21(13-12-19)24-16-22-20/h2-14,22H,15-16H2,1H3. The minimum Gasteiger partial charge on any atom is -0.489 e. The molecule has 3 nitrogen and oxygen atoms in total. The van der Waals surface area contributed by atoms with E-state index in [1.807, 2.05) is 60.8 Å². The van der Waals surface area contributed by atoms with Crippen LogP contribution in [0.1, 0.15) is 11.1 Å². The molecule has 0 radical (unpaired) electrons. The van der Waals surface area contributed by atoms with Crippen LogP contribution in [0.4, 0.5) is 0 Å². The molecule has 1 N–H and O–H groups in total. The van der Waals surface area contributed by atoms with E-state index < -0.39 is 0 Å². The van der Waals surface area contributed by atoms with Crippen LogP contribution in [0.3, 0.4) is 0 Å². The number of allylic oxidation sites excluding steroid dienone is 9. The Morgan fingerprint density at radius 3 is 2.83 bits per heavy atom. The highest BCUT2D eigenvalue weighted by molar-refractivity contribution is 5.35. The van der Waals surface area contributed by atoms with Crippen molar-refractivity contribution in [3.05, 3.63) is 107 Å². The third kappa shape index (κ3) is 4.53. The molecule has 0 fully saturated rings. The van der Waals surface area contributed by atoms with E-state index >= 15 is 0 Å². The van der Waals surface area contributed by atoms with Crippen molar-refractivity contribution < 1.29 is 9.47 Å². The Hall–Kier alpha value is -2.94. The first-order valence-electron chi connectivity index (χ1n) is 8.00. The molecule has 3 heteroatoms. The van der Waals surface area contributed by atoms with Crippen molar-refractivity contribution in [1.29, 1.82) is 0 Å². The molecule has 0 atom stereocenters. The van der Waals surface area contributed by atoms with E-state index in [0.717, 1.165) is 22.8 Å². The van der Waals surface area contributed by atoms with E-state index in [1.54, 1.807) is 0 Å². The van der Waals surface area contributed by atoms with E-state index in [-0.39, 0.29) is 0 Å². The topological polar surface area (TPSA) is 30.5 Å². The minimum absolute atomic E-state index is 0.491. The van der Waals surface area contributed by atoms with Crippen molar-refractivity contribution >= 4 is 0 Å². The summed E-state index contributed by atoms with van der Waals surface area (Å²) in [6.45, 7) is 3.11. The van der Waals surface area contributed by atoms with Crippen LogP contribution in [-0.2, 0) is 16.1 Å². The van der Waals surface area contributed by atoms with E-state index in [9.17, 15) is 0 Å². The number of aryl methyl sites for hydroxylation is 1. The van der Waals surface area contributed by atoms with Crippen LogP contribution in [0.25, 0.3) is 0 Å². The van der Waals surface area contributed by atoms with Gasteiger partial charge in [0.2, 0.25) is 0 Å². The molecule has 24 heavy (non-hydrogen) atoms. The van der Waals surface area contributed by atoms with E-state index in [0.29, 0.717) is 13.3 Å². The zero-order valence-electron chi connectivity index (χ0n) is 13.7. The van der Waals surface area contributed by atoms with Crippen LogP contribution in [0.2, 0.25) is 0 Å². The van der Waals surface area contributed by atoms with Crippen molar-refractivity contribution in [2.45, 2.75) is 13.5 Å². The summed E-state index contributed by atoms with van der Waals surface area (Å²) in [6.07, 6.45) is 17.7. The third-order valence-corrected chi connectivity index (χ3v) is 3.61. The molecule has 122 valence electrons. The Kier molecular flexibility index (Phi) is 5.36. The van der Waals surface area contributed by atoms with Crippen molar-refractivity contribution in [3.8, 4) is 0 Å². The predicted molar refractivity (Wildman–Crippen MR) is 96.7 cm³/mol. The van der Waals surface area contributed by atoms with Crippen molar-refractivity contribution in [1.82, 2.24) is 5.32 Å². The fraction of sp³-hybridized carbons (Fsp3) is 0.143. The highest BCUT2D eigenvalue weighted by atomic mass is 16.5. The van der Waals surface area contributed by atoms with Crippen LogP contribution in [0.15, 0.2) is 96.2 Å². The summed E-state index contributed by atoms with van der Waals surface area (Å²) in [4.78, 5) is 0. The Bertz CT molecular complexity index is 764. The van der Waals surface area contributed by atoms with Gasteiger partial charge in [-0.2, -0.15) is 0 Å². The highest BCUT2D eigenvalue weighted by Crippen LogP contribution is 2.16. The van der Waals surface area contributed by atoms with Gasteiger partial charge in [-0.05, 0) is 36.8 Å². The number of hydrogen-bond acceptors (Lipinski definition) is 3. The molecule has 0 unspecified atom stereocenters. The SMILES string of the molecule is Cc1cccc(COC2=CC=CC=CC=CC3=C(C=C2)OCN3)c1. The second-order valence-corrected chi connectivity index (χ2v) is 5.55. The molecule has 0 saturated carbocycles. The first-order chi connectivity index (χ1) is 11.8. The lowest BCUT2D eigenvalue weighted by Crippen LogP contribution is -2.05. The summed E-state index contributed by atoms with van der Waals surface area (Å²) in [5, 5.41) is 3.20. The van der Waals surface area contributed by atoms with Gasteiger partial charge in [-0.3, -0.25) is 0 Å². The summed E-state index contributed by atoms with van der Waals surface area (Å²) in [5.41, 5.74) is 3.36. The van der Waals surface area contributed by atoms with Gasteiger partial charge in [-0.15, -0.1) is 0 Å². The van der Waals surface area contributed by atoms with Crippen molar-refractivity contribution in [2.75, 3.05) is 6.73 Å². The summed E-state index contributed by atoms with van der Waals surface area (Å²) in [7, 11) is 0. The Balaban J connectivity index is 1.77. The lowest BCUT2D eigenvalue weighted by Gasteiger charge is -2.08. The monoisotopic (exact) mass is 319 g/mol. The van der Waals surface area contributed by atoms with Crippen LogP contribution in [0.5, 0.6) is 0 Å². The molecule has 3 rings (SSSR count). The fourth-order valence-corrected chi connectivity index (χ4v) is 2.41. The van der Waals surface area contributed by atoms with Gasteiger partial charge in [-0.1, -0.05) is 60.2 Å². The molecule has 1 aromatic rings. The second-order valence-electron chi connectivity index (χ2n) is 5.55. The third-order valence-electron chi connectivity index (χ3n) is 3.61. The van der Waals surface area contributed by atoms with Gasteiger partial charge in [0, 0.05) is 0 Å². The van der Waals surface area contributed by atoms with Crippen molar-refractivity contribution in [3.63, 3.8) is 0 Å². The van der Waals surface area contributed by atoms with Crippen LogP contribution < -0.4 is 5.32 Å². The molecule has 2 aliphatic rings. The molecule has 0 amide bonds. The summed E-state index contributed by atoms with van der Waals surface area (Å²) in [5.74, 6) is 1.60. The zero-order valence-corrected chi connectivity index (χ0v) is 13.7. The van der Waals surface area contributed by atoms with Crippen molar-refractivity contribution in [2.24, 2.45) is 0 Å². The van der Waals surface area contributed by atoms with E-state index in [1.165, 1.54) is 5.56 Å². The summed E-state index contributed by atoms with van der Waals surface area (Å²) >= 11 is 0. The number of benzene rings is 1. The van der Waals surface area contributed by atoms with Crippen LogP contribution in [-0.4, -0.2) is 6.73 Å². The lowest BCUT2D eigenvalue weighted by molar-refractivity contribution is 0.210. The van der Waals surface area contributed by atoms with Gasteiger partial charge < -0.3 is 14.8 Å². The number of ether oxygens (including phenoxy) is 2. The predicted octanol–water partition coefficient (Wildman–Crippen LogP) is 4.42. The molecule has 0 spiro atoms. The number of hydrogen-bond donors (Lipinski definition) is 1. The first kappa shape index (κ1) is 15.9. The maximum absolute atomic E-state index is 5.96. The molecular formula is C21H21NO2. The average Bonchev–Trinajstić information content (AvgIpc) is 3.01. The van der Waals surface area contributed by atoms with E-state index in [4.69, 9.17) is 9.47 Å². The van der Waals surface area contributed by atoms with Gasteiger partial charge in [0.1, 0.15) is 18.1 Å². The normalized spacial score (nSPS) is 16.6. The Morgan fingerprint density at radius 2 is 1.92 bits per heavy atom. The maximum Gasteiger partial charge on any atom is 0.159 e. The lowest BCUT2D eigenvalue weighted by atomic mass is 10.1. The largest absolute Gasteiger partial charge is 0.489 e. The van der Waals surface area contributed by atoms with Gasteiger partial charge in [0.25, 0.3) is 0 Å². The van der Waals surface area contributed by atoms with Gasteiger partial charge in [0.15, 0.2) is 6.73 Å². The van der Waals surface area contributed by atoms with E-state index in [2.05, 4.69) is 30.4 Å². The quantitative estimate of drug-likeness (QED) is 0.894. The fourth-order valence-electron chi connectivity index (χ4n) is 2.41. The molecule has 0 aromatic heterocycles. The van der Waals surface area contributed by atoms with Crippen LogP contribution >= 0.6 is 0 Å². The molecule has 1 aromatic carbocycles. The van der Waals surface area contributed by atoms with Gasteiger partial charge in [-0.25, -0.2) is 0 Å². The molecular weight excluding hydrogens is 298 g/mol. The molecule has 1 heterocycles. The minimum atomic E-state index is 0.491. The second kappa shape index (κ2) is 8.06. The smallest absolute Gasteiger partial charge is 0.159 e. The van der Waals surface area contributed by atoms with Gasteiger partial charge >= 0.3 is 0 Å². The summed E-state index contributed by atoms with van der Waals surface area (Å²) in [6, 6.07) is 8.33. The number of rotatable bonds is 3. The highest BCUT2D eigenvalue weighted by Gasteiger charge is 2.09. The maximum atomic E-state index is 5.96. The Labute approximate surface area is 143 Å². The summed E-state index contributed by atoms with van der Waals surface area (Å²) < 4.78 is 11.6. The molecule has 1 aliphatic carbocycles. The first-order valence-corrected chi connectivity index (χ1v) is 8.00. The van der Waals surface area contributed by atoms with Crippen LogP contribution in [0, 0.1) is 6.92 Å². The zero-order chi connectivity index (χ0) is 16.6. The molecule has 0 saturated heterocycles. The number of nitrogens with one attached hydrogen (secondary N) is 1. The molecule has 1 aliphatic heterocycles. The molecule has 0 bridgehead atoms.